The Morgan fingerprint density at radius 2 is 1.69 bits per heavy atom. The molecule has 0 radical (unpaired) electrons. The third-order valence-electron chi connectivity index (χ3n) is 6.08. The Bertz CT molecular complexity index is 1060. The average molecular weight is 389 g/mol. The van der Waals surface area contributed by atoms with Gasteiger partial charge in [0.15, 0.2) is 0 Å². The van der Waals surface area contributed by atoms with Gasteiger partial charge in [0.1, 0.15) is 11.8 Å². The van der Waals surface area contributed by atoms with E-state index >= 15 is 0 Å². The van der Waals surface area contributed by atoms with Crippen molar-refractivity contribution in [1.82, 2.24) is 4.90 Å². The predicted octanol–water partition coefficient (Wildman–Crippen LogP) is 1.70. The van der Waals surface area contributed by atoms with Crippen LogP contribution in [0.1, 0.15) is 17.2 Å². The number of rotatable bonds is 3. The topological polar surface area (TPSA) is 92.9 Å². The van der Waals surface area contributed by atoms with E-state index in [0.29, 0.717) is 11.4 Å². The minimum absolute atomic E-state index is 0.311. The fraction of sp³-hybridized carbons (Fsp3) is 0.227. The number of primary amides is 1. The molecule has 3 aliphatic rings. The Morgan fingerprint density at radius 1 is 1.00 bits per heavy atom. The summed E-state index contributed by atoms with van der Waals surface area (Å²) in [4.78, 5) is 42.1. The molecule has 2 aromatic carbocycles. The highest BCUT2D eigenvalue weighted by atomic mass is 16.5. The van der Waals surface area contributed by atoms with Crippen LogP contribution in [0.5, 0.6) is 5.75 Å². The van der Waals surface area contributed by atoms with Crippen molar-refractivity contribution in [2.75, 3.05) is 12.0 Å². The molecule has 2 saturated heterocycles. The predicted molar refractivity (Wildman–Crippen MR) is 106 cm³/mol. The Morgan fingerprint density at radius 3 is 2.38 bits per heavy atom. The summed E-state index contributed by atoms with van der Waals surface area (Å²) in [5, 5.41) is 0. The Hall–Kier alpha value is -3.61. The van der Waals surface area contributed by atoms with Gasteiger partial charge in [-0.1, -0.05) is 24.3 Å². The summed E-state index contributed by atoms with van der Waals surface area (Å²) in [6.45, 7) is 0. The van der Waals surface area contributed by atoms with Crippen LogP contribution in [0, 0.1) is 11.8 Å². The Labute approximate surface area is 167 Å². The first-order valence-electron chi connectivity index (χ1n) is 9.38. The number of hydrogen-bond acceptors (Lipinski definition) is 5. The molecule has 2 aromatic rings. The van der Waals surface area contributed by atoms with E-state index in [1.54, 1.807) is 42.5 Å². The number of benzene rings is 2. The third kappa shape index (κ3) is 2.33. The van der Waals surface area contributed by atoms with Crippen LogP contribution >= 0.6 is 0 Å². The lowest BCUT2D eigenvalue weighted by atomic mass is 9.84. The van der Waals surface area contributed by atoms with Gasteiger partial charge in [0.05, 0.1) is 30.7 Å². The highest BCUT2D eigenvalue weighted by Crippen LogP contribution is 2.53. The van der Waals surface area contributed by atoms with Gasteiger partial charge in [0.2, 0.25) is 17.7 Å². The van der Waals surface area contributed by atoms with E-state index in [1.165, 1.54) is 4.90 Å². The summed E-state index contributed by atoms with van der Waals surface area (Å²) in [5.41, 5.74) is 8.06. The number of nitrogens with zero attached hydrogens (tertiary/aromatic N) is 2. The van der Waals surface area contributed by atoms with Crippen molar-refractivity contribution in [2.45, 2.75) is 12.1 Å². The van der Waals surface area contributed by atoms with Gasteiger partial charge in [-0.2, -0.15) is 0 Å². The Balaban J connectivity index is 1.62. The van der Waals surface area contributed by atoms with Gasteiger partial charge >= 0.3 is 0 Å². The number of carbonyl (C=O) groups excluding carboxylic acids is 3. The molecule has 0 aliphatic carbocycles. The Kier molecular flexibility index (Phi) is 3.74. The monoisotopic (exact) mass is 389 g/mol. The molecule has 4 atom stereocenters. The molecule has 0 saturated carbocycles. The smallest absolute Gasteiger partial charge is 0.240 e. The van der Waals surface area contributed by atoms with Gasteiger partial charge in [-0.05, 0) is 41.5 Å². The second kappa shape index (κ2) is 6.20. The van der Waals surface area contributed by atoms with E-state index in [2.05, 4.69) is 0 Å². The summed E-state index contributed by atoms with van der Waals surface area (Å²) in [7, 11) is 1.55. The van der Waals surface area contributed by atoms with Crippen molar-refractivity contribution in [2.24, 2.45) is 17.6 Å². The van der Waals surface area contributed by atoms with Crippen molar-refractivity contribution in [3.8, 4) is 5.75 Å². The molecule has 0 unspecified atom stereocenters. The van der Waals surface area contributed by atoms with Gasteiger partial charge in [0, 0.05) is 6.20 Å². The van der Waals surface area contributed by atoms with Crippen LogP contribution in [0.2, 0.25) is 0 Å². The molecular weight excluding hydrogens is 370 g/mol. The third-order valence-corrected chi connectivity index (χ3v) is 6.08. The molecule has 3 amide bonds. The molecule has 29 heavy (non-hydrogen) atoms. The van der Waals surface area contributed by atoms with Crippen LogP contribution in [0.4, 0.5) is 5.69 Å². The number of imide groups is 1. The van der Waals surface area contributed by atoms with E-state index in [4.69, 9.17) is 10.5 Å². The van der Waals surface area contributed by atoms with Crippen molar-refractivity contribution >= 4 is 29.5 Å². The number of fused-ring (bicyclic) bond motifs is 5. The average Bonchev–Trinajstić information content (AvgIpc) is 3.21. The van der Waals surface area contributed by atoms with Crippen LogP contribution in [-0.2, 0) is 14.4 Å². The molecule has 0 spiro atoms. The summed E-state index contributed by atoms with van der Waals surface area (Å²) < 4.78 is 5.15. The molecule has 7 heteroatoms. The van der Waals surface area contributed by atoms with Crippen LogP contribution in [-0.4, -0.2) is 35.8 Å². The highest BCUT2D eigenvalue weighted by Gasteiger charge is 2.64. The maximum atomic E-state index is 13.5. The van der Waals surface area contributed by atoms with Crippen molar-refractivity contribution in [3.63, 3.8) is 0 Å². The molecule has 3 heterocycles. The summed E-state index contributed by atoms with van der Waals surface area (Å²) in [6.07, 6.45) is 3.66. The zero-order valence-electron chi connectivity index (χ0n) is 15.7. The van der Waals surface area contributed by atoms with E-state index in [9.17, 15) is 14.4 Å². The number of anilines is 1. The second-order valence-electron chi connectivity index (χ2n) is 7.45. The second-order valence-corrected chi connectivity index (χ2v) is 7.45. The maximum absolute atomic E-state index is 13.5. The number of carbonyl (C=O) groups is 3. The zero-order chi connectivity index (χ0) is 20.3. The summed E-state index contributed by atoms with van der Waals surface area (Å²) in [5.74, 6) is -2.18. The normalized spacial score (nSPS) is 26.9. The van der Waals surface area contributed by atoms with E-state index in [0.717, 1.165) is 11.1 Å². The van der Waals surface area contributed by atoms with E-state index < -0.39 is 35.7 Å². The van der Waals surface area contributed by atoms with Gasteiger partial charge in [0.25, 0.3) is 0 Å². The van der Waals surface area contributed by atoms with Gasteiger partial charge < -0.3 is 15.4 Å². The molecule has 2 N–H and O–H groups in total. The first-order valence-corrected chi connectivity index (χ1v) is 9.38. The van der Waals surface area contributed by atoms with Gasteiger partial charge in [-0.25, -0.2) is 4.90 Å². The van der Waals surface area contributed by atoms with Crippen LogP contribution < -0.4 is 15.4 Å². The summed E-state index contributed by atoms with van der Waals surface area (Å²) in [6, 6.07) is 13.2. The SMILES string of the molecule is COc1ccc(N2C(=O)[C@@H]3[C@H](C2=O)[C@H](C(N)=O)N2C=Cc4ccccc4[C@@H]32)cc1. The minimum atomic E-state index is -0.866. The number of hydrogen-bond donors (Lipinski definition) is 1. The lowest BCUT2D eigenvalue weighted by Gasteiger charge is -2.34. The van der Waals surface area contributed by atoms with Crippen LogP contribution in [0.3, 0.4) is 0 Å². The lowest BCUT2D eigenvalue weighted by molar-refractivity contribution is -0.129. The molecular formula is C22H19N3O4. The lowest BCUT2D eigenvalue weighted by Crippen LogP contribution is -2.46. The molecule has 3 aliphatic heterocycles. The van der Waals surface area contributed by atoms with Crippen molar-refractivity contribution in [3.05, 3.63) is 65.9 Å². The number of ether oxygens (including phenoxy) is 1. The van der Waals surface area contributed by atoms with E-state index in [-0.39, 0.29) is 5.91 Å². The zero-order valence-corrected chi connectivity index (χ0v) is 15.7. The fourth-order valence-electron chi connectivity index (χ4n) is 4.87. The quantitative estimate of drug-likeness (QED) is 0.807. The fourth-order valence-corrected chi connectivity index (χ4v) is 4.87. The largest absolute Gasteiger partial charge is 0.497 e. The van der Waals surface area contributed by atoms with Crippen LogP contribution in [0.15, 0.2) is 54.7 Å². The van der Waals surface area contributed by atoms with Gasteiger partial charge in [-0.3, -0.25) is 14.4 Å². The standard InChI is InChI=1S/C22H19N3O4/c1-29-14-8-6-13(7-9-14)25-21(27)16-17(22(25)28)19(20(23)26)24-11-10-12-4-2-3-5-15(12)18(16)24/h2-11,16-19H,1H3,(H2,23,26)/t16-,17+,18+,19-/m1/s1. The minimum Gasteiger partial charge on any atom is -0.497 e. The molecule has 5 rings (SSSR count). The van der Waals surface area contributed by atoms with Crippen LogP contribution in [0.25, 0.3) is 6.08 Å². The molecule has 7 nitrogen and oxygen atoms in total. The molecule has 146 valence electrons. The highest BCUT2D eigenvalue weighted by molar-refractivity contribution is 6.24. The number of nitrogens with two attached hydrogens (primary N) is 1. The van der Waals surface area contributed by atoms with Gasteiger partial charge in [-0.15, -0.1) is 0 Å². The molecule has 0 bridgehead atoms. The van der Waals surface area contributed by atoms with E-state index in [1.807, 2.05) is 30.3 Å². The van der Waals surface area contributed by atoms with Crippen molar-refractivity contribution in [1.29, 1.82) is 0 Å². The summed E-state index contributed by atoms with van der Waals surface area (Å²) >= 11 is 0. The first-order chi connectivity index (χ1) is 14.0. The van der Waals surface area contributed by atoms with Crippen molar-refractivity contribution < 1.29 is 19.1 Å². The molecule has 2 fully saturated rings. The number of methoxy groups -OCH3 is 1. The maximum Gasteiger partial charge on any atom is 0.240 e. The number of amides is 3. The molecule has 0 aromatic heterocycles. The first kappa shape index (κ1) is 17.5.